The zero-order valence-corrected chi connectivity index (χ0v) is 10.9. The van der Waals surface area contributed by atoms with Crippen LogP contribution in [-0.2, 0) is 6.42 Å². The van der Waals surface area contributed by atoms with Crippen molar-refractivity contribution >= 4 is 15.9 Å². The first-order chi connectivity index (χ1) is 7.77. The molecule has 0 nitrogen and oxygen atoms in total. The summed E-state index contributed by atoms with van der Waals surface area (Å²) in [5.74, 6) is 1.39. The summed E-state index contributed by atoms with van der Waals surface area (Å²) in [6.07, 6.45) is 1.00. The van der Waals surface area contributed by atoms with Crippen LogP contribution in [0.15, 0.2) is 59.1 Å². The van der Waals surface area contributed by atoms with Gasteiger partial charge < -0.3 is 0 Å². The van der Waals surface area contributed by atoms with Gasteiger partial charge in [-0.05, 0) is 23.6 Å². The summed E-state index contributed by atoms with van der Waals surface area (Å²) in [6, 6.07) is 18.9. The van der Waals surface area contributed by atoms with Crippen molar-refractivity contribution in [1.82, 2.24) is 0 Å². The fourth-order valence-electron chi connectivity index (χ4n) is 1.80. The molecule has 0 N–H and O–H groups in total. The van der Waals surface area contributed by atoms with Crippen LogP contribution >= 0.6 is 15.9 Å². The molecule has 0 bridgehead atoms. The van der Waals surface area contributed by atoms with Gasteiger partial charge in [-0.2, -0.15) is 0 Å². The number of hydrogen-bond acceptors (Lipinski definition) is 0. The van der Waals surface area contributed by atoms with Gasteiger partial charge in [-0.1, -0.05) is 71.4 Å². The normalized spacial score (nSPS) is 10.7. The minimum absolute atomic E-state index is 1.00. The summed E-state index contributed by atoms with van der Waals surface area (Å²) in [7, 11) is 0. The molecule has 0 heterocycles. The van der Waals surface area contributed by atoms with Crippen LogP contribution in [0.5, 0.6) is 0 Å². The molecule has 0 saturated heterocycles. The molecule has 0 spiro atoms. The maximum atomic E-state index is 3.59. The SMILES string of the molecule is C[C](Cc1ccccc1)c1ccccc1Br. The van der Waals surface area contributed by atoms with E-state index in [1.54, 1.807) is 0 Å². The second-order valence-corrected chi connectivity index (χ2v) is 4.78. The molecule has 0 saturated carbocycles. The van der Waals surface area contributed by atoms with Gasteiger partial charge in [-0.15, -0.1) is 0 Å². The first-order valence-corrected chi connectivity index (χ1v) is 6.18. The molecule has 2 aromatic carbocycles. The van der Waals surface area contributed by atoms with E-state index in [9.17, 15) is 0 Å². The molecule has 0 fully saturated rings. The van der Waals surface area contributed by atoms with Crippen molar-refractivity contribution in [3.63, 3.8) is 0 Å². The predicted molar refractivity (Wildman–Crippen MR) is 72.3 cm³/mol. The largest absolute Gasteiger partial charge is 0.0622 e. The lowest BCUT2D eigenvalue weighted by atomic mass is 9.94. The Hall–Kier alpha value is -1.08. The third kappa shape index (κ3) is 2.73. The number of halogens is 1. The zero-order valence-electron chi connectivity index (χ0n) is 9.28. The Bertz CT molecular complexity index is 448. The highest BCUT2D eigenvalue weighted by Crippen LogP contribution is 2.26. The van der Waals surface area contributed by atoms with E-state index in [1.165, 1.54) is 21.5 Å². The predicted octanol–water partition coefficient (Wildman–Crippen LogP) is 4.63. The molecule has 16 heavy (non-hydrogen) atoms. The number of benzene rings is 2. The summed E-state index contributed by atoms with van der Waals surface area (Å²) in [4.78, 5) is 0. The Morgan fingerprint density at radius 3 is 2.25 bits per heavy atom. The van der Waals surface area contributed by atoms with E-state index >= 15 is 0 Å². The fraction of sp³-hybridized carbons (Fsp3) is 0.133. The molecular weight excluding hydrogens is 260 g/mol. The molecule has 0 aliphatic carbocycles. The Morgan fingerprint density at radius 2 is 1.56 bits per heavy atom. The highest BCUT2D eigenvalue weighted by atomic mass is 79.9. The maximum Gasteiger partial charge on any atom is 0.0213 e. The van der Waals surface area contributed by atoms with Crippen molar-refractivity contribution in [1.29, 1.82) is 0 Å². The average molecular weight is 274 g/mol. The van der Waals surface area contributed by atoms with E-state index in [4.69, 9.17) is 0 Å². The molecular formula is C15H14Br. The molecule has 1 radical (unpaired) electrons. The van der Waals surface area contributed by atoms with Crippen LogP contribution < -0.4 is 0 Å². The average Bonchev–Trinajstić information content (AvgIpc) is 2.31. The van der Waals surface area contributed by atoms with Gasteiger partial charge >= 0.3 is 0 Å². The van der Waals surface area contributed by atoms with E-state index in [0.717, 1.165) is 6.42 Å². The second-order valence-electron chi connectivity index (χ2n) is 3.92. The quantitative estimate of drug-likeness (QED) is 0.765. The second kappa shape index (κ2) is 5.31. The molecule has 81 valence electrons. The maximum absolute atomic E-state index is 3.59. The van der Waals surface area contributed by atoms with Gasteiger partial charge in [-0.25, -0.2) is 0 Å². The molecule has 0 aliphatic rings. The van der Waals surface area contributed by atoms with E-state index < -0.39 is 0 Å². The highest BCUT2D eigenvalue weighted by Gasteiger charge is 2.09. The minimum atomic E-state index is 1.00. The smallest absolute Gasteiger partial charge is 0.0213 e. The van der Waals surface area contributed by atoms with Crippen molar-refractivity contribution in [2.24, 2.45) is 0 Å². The van der Waals surface area contributed by atoms with Crippen LogP contribution in [0.1, 0.15) is 18.1 Å². The third-order valence-corrected chi connectivity index (χ3v) is 3.34. The first kappa shape index (κ1) is 11.4. The molecule has 2 rings (SSSR count). The Labute approximate surface area is 105 Å². The van der Waals surface area contributed by atoms with Gasteiger partial charge in [0.25, 0.3) is 0 Å². The van der Waals surface area contributed by atoms with Gasteiger partial charge in [0.15, 0.2) is 0 Å². The Kier molecular flexibility index (Phi) is 3.79. The summed E-state index contributed by atoms with van der Waals surface area (Å²) < 4.78 is 1.17. The van der Waals surface area contributed by atoms with E-state index in [-0.39, 0.29) is 0 Å². The van der Waals surface area contributed by atoms with E-state index in [2.05, 4.69) is 71.4 Å². The molecule has 0 atom stereocenters. The van der Waals surface area contributed by atoms with Crippen LogP contribution in [0.25, 0.3) is 0 Å². The van der Waals surface area contributed by atoms with Crippen molar-refractivity contribution in [2.75, 3.05) is 0 Å². The molecule has 1 heteroatoms. The van der Waals surface area contributed by atoms with Crippen LogP contribution in [0.2, 0.25) is 0 Å². The lowest BCUT2D eigenvalue weighted by Gasteiger charge is -2.13. The Morgan fingerprint density at radius 1 is 0.938 bits per heavy atom. The molecule has 2 aromatic rings. The van der Waals surface area contributed by atoms with Crippen molar-refractivity contribution < 1.29 is 0 Å². The zero-order chi connectivity index (χ0) is 11.4. The summed E-state index contributed by atoms with van der Waals surface area (Å²) in [6.45, 7) is 2.19. The summed E-state index contributed by atoms with van der Waals surface area (Å²) in [5.41, 5.74) is 2.65. The van der Waals surface area contributed by atoms with Gasteiger partial charge in [0.1, 0.15) is 0 Å². The van der Waals surface area contributed by atoms with Gasteiger partial charge in [0.05, 0.1) is 0 Å². The van der Waals surface area contributed by atoms with Crippen molar-refractivity contribution in [3.05, 3.63) is 76.1 Å². The first-order valence-electron chi connectivity index (χ1n) is 5.38. The van der Waals surface area contributed by atoms with Crippen LogP contribution in [0.4, 0.5) is 0 Å². The van der Waals surface area contributed by atoms with E-state index in [0.29, 0.717) is 0 Å². The fourth-order valence-corrected chi connectivity index (χ4v) is 2.43. The topological polar surface area (TPSA) is 0 Å². The van der Waals surface area contributed by atoms with Gasteiger partial charge in [0, 0.05) is 10.4 Å². The van der Waals surface area contributed by atoms with Crippen LogP contribution in [0, 0.1) is 5.92 Å². The van der Waals surface area contributed by atoms with E-state index in [1.807, 2.05) is 6.07 Å². The molecule has 0 amide bonds. The van der Waals surface area contributed by atoms with Crippen LogP contribution in [-0.4, -0.2) is 0 Å². The molecule has 0 aliphatic heterocycles. The molecule has 0 aromatic heterocycles. The standard InChI is InChI=1S/C15H14Br/c1-12(11-13-7-3-2-4-8-13)14-9-5-6-10-15(14)16/h2-10H,11H2,1H3. The van der Waals surface area contributed by atoms with Gasteiger partial charge in [0.2, 0.25) is 0 Å². The van der Waals surface area contributed by atoms with Crippen molar-refractivity contribution in [2.45, 2.75) is 13.3 Å². The third-order valence-electron chi connectivity index (χ3n) is 2.65. The minimum Gasteiger partial charge on any atom is -0.0622 e. The van der Waals surface area contributed by atoms with Crippen molar-refractivity contribution in [3.8, 4) is 0 Å². The summed E-state index contributed by atoms with van der Waals surface area (Å²) in [5, 5.41) is 0. The van der Waals surface area contributed by atoms with Gasteiger partial charge in [-0.3, -0.25) is 0 Å². The molecule has 0 unspecified atom stereocenters. The summed E-state index contributed by atoms with van der Waals surface area (Å²) >= 11 is 3.59. The monoisotopic (exact) mass is 273 g/mol. The number of hydrogen-bond donors (Lipinski definition) is 0. The highest BCUT2D eigenvalue weighted by molar-refractivity contribution is 9.10. The Balaban J connectivity index is 2.15. The lowest BCUT2D eigenvalue weighted by Crippen LogP contribution is -2.00. The van der Waals surface area contributed by atoms with Crippen LogP contribution in [0.3, 0.4) is 0 Å². The number of rotatable bonds is 3. The lowest BCUT2D eigenvalue weighted by molar-refractivity contribution is 0.988.